The van der Waals surface area contributed by atoms with Gasteiger partial charge in [-0.1, -0.05) is 11.6 Å². The van der Waals surface area contributed by atoms with Crippen molar-refractivity contribution < 1.29 is 13.9 Å². The van der Waals surface area contributed by atoms with E-state index in [1.165, 1.54) is 10.7 Å². The molecule has 134 valence electrons. The van der Waals surface area contributed by atoms with E-state index in [2.05, 4.69) is 31.0 Å². The molecule has 11 heteroatoms. The van der Waals surface area contributed by atoms with Gasteiger partial charge in [-0.15, -0.1) is 0 Å². The van der Waals surface area contributed by atoms with Crippen molar-refractivity contribution in [1.82, 2.24) is 24.9 Å². The highest BCUT2D eigenvalue weighted by atomic mass is 35.5. The van der Waals surface area contributed by atoms with Crippen molar-refractivity contribution in [3.8, 4) is 5.88 Å². The molecule has 0 spiro atoms. The van der Waals surface area contributed by atoms with Gasteiger partial charge in [0, 0.05) is 19.2 Å². The third-order valence-corrected chi connectivity index (χ3v) is 4.01. The van der Waals surface area contributed by atoms with E-state index in [1.807, 2.05) is 0 Å². The van der Waals surface area contributed by atoms with Gasteiger partial charge in [0.05, 0.1) is 12.7 Å². The Labute approximate surface area is 151 Å². The fourth-order valence-corrected chi connectivity index (χ4v) is 2.73. The van der Waals surface area contributed by atoms with Gasteiger partial charge in [-0.3, -0.25) is 4.79 Å². The number of pyridine rings is 1. The summed E-state index contributed by atoms with van der Waals surface area (Å²) in [5.74, 6) is -0.225. The number of carbonyl (C=O) groups is 1. The summed E-state index contributed by atoms with van der Waals surface area (Å²) < 4.78 is 21.2. The number of hydrogen-bond donors (Lipinski definition) is 3. The number of rotatable bonds is 1. The highest BCUT2D eigenvalue weighted by Crippen LogP contribution is 2.29. The van der Waals surface area contributed by atoms with Crippen LogP contribution in [0.1, 0.15) is 10.4 Å². The first-order chi connectivity index (χ1) is 12.6. The van der Waals surface area contributed by atoms with E-state index in [-0.39, 0.29) is 47.2 Å². The summed E-state index contributed by atoms with van der Waals surface area (Å²) >= 11 is 5.96. The van der Waals surface area contributed by atoms with Crippen LogP contribution in [0.25, 0.3) is 5.65 Å². The van der Waals surface area contributed by atoms with E-state index >= 15 is 0 Å². The number of anilines is 3. The van der Waals surface area contributed by atoms with Crippen LogP contribution in [0.2, 0.25) is 5.02 Å². The number of hydrogen-bond acceptors (Lipinski definition) is 7. The van der Waals surface area contributed by atoms with Gasteiger partial charge in [-0.05, 0) is 0 Å². The van der Waals surface area contributed by atoms with Gasteiger partial charge < -0.3 is 20.7 Å². The van der Waals surface area contributed by atoms with Crippen LogP contribution in [0.15, 0.2) is 18.3 Å². The molecule has 4 bridgehead atoms. The van der Waals surface area contributed by atoms with E-state index in [0.29, 0.717) is 11.5 Å². The zero-order valence-electron chi connectivity index (χ0n) is 13.5. The topological polar surface area (TPSA) is 105 Å². The molecule has 26 heavy (non-hydrogen) atoms. The predicted molar refractivity (Wildman–Crippen MR) is 92.8 cm³/mol. The standard InChI is InChI=1S/C15H13ClFN7O2/c1-18-11-5-10-21-12-9(17)4-8(16)15(23-12)26-3-2-19-14(25)7-6-20-24(11)13(7)22-10/h4-6,18H,2-3H2,1H3,(H,19,25)(H,21,22,23). The molecule has 3 aromatic rings. The third-order valence-electron chi connectivity index (χ3n) is 3.74. The van der Waals surface area contributed by atoms with Gasteiger partial charge in [-0.25, -0.2) is 9.37 Å². The summed E-state index contributed by atoms with van der Waals surface area (Å²) in [4.78, 5) is 20.8. The summed E-state index contributed by atoms with van der Waals surface area (Å²) in [6.45, 7) is 0.313. The number of nitrogens with one attached hydrogen (secondary N) is 3. The van der Waals surface area contributed by atoms with Crippen molar-refractivity contribution in [1.29, 1.82) is 0 Å². The zero-order chi connectivity index (χ0) is 18.3. The predicted octanol–water partition coefficient (Wildman–Crippen LogP) is 1.82. The molecule has 0 fully saturated rings. The highest BCUT2D eigenvalue weighted by Gasteiger charge is 2.19. The van der Waals surface area contributed by atoms with Crippen LogP contribution in [-0.2, 0) is 0 Å². The maximum atomic E-state index is 14.2. The van der Waals surface area contributed by atoms with Crippen molar-refractivity contribution >= 4 is 40.6 Å². The number of ether oxygens (including phenoxy) is 1. The Morgan fingerprint density at radius 2 is 2.23 bits per heavy atom. The van der Waals surface area contributed by atoms with Crippen LogP contribution >= 0.6 is 11.6 Å². The van der Waals surface area contributed by atoms with Crippen LogP contribution < -0.4 is 20.7 Å². The van der Waals surface area contributed by atoms with Crippen molar-refractivity contribution in [3.05, 3.63) is 34.7 Å². The van der Waals surface area contributed by atoms with Gasteiger partial charge in [-0.2, -0.15) is 14.6 Å². The Morgan fingerprint density at radius 1 is 1.38 bits per heavy atom. The normalized spacial score (nSPS) is 13.9. The number of amides is 1. The molecule has 3 aromatic heterocycles. The number of nitrogens with zero attached hydrogens (tertiary/aromatic N) is 4. The van der Waals surface area contributed by atoms with Crippen LogP contribution in [0.5, 0.6) is 5.88 Å². The van der Waals surface area contributed by atoms with E-state index in [9.17, 15) is 9.18 Å². The summed E-state index contributed by atoms with van der Waals surface area (Å²) in [6, 6.07) is 2.71. The van der Waals surface area contributed by atoms with Gasteiger partial charge >= 0.3 is 0 Å². The molecular weight excluding hydrogens is 365 g/mol. The molecule has 1 aliphatic heterocycles. The molecule has 1 amide bonds. The molecule has 0 unspecified atom stereocenters. The quantitative estimate of drug-likeness (QED) is 0.594. The first-order valence-corrected chi connectivity index (χ1v) is 8.05. The zero-order valence-corrected chi connectivity index (χ0v) is 14.3. The lowest BCUT2D eigenvalue weighted by molar-refractivity contribution is 0.0948. The van der Waals surface area contributed by atoms with Crippen LogP contribution in [0, 0.1) is 5.82 Å². The van der Waals surface area contributed by atoms with Crippen LogP contribution in [-0.4, -0.2) is 45.7 Å². The molecule has 0 radical (unpaired) electrons. The van der Waals surface area contributed by atoms with Crippen molar-refractivity contribution in [3.63, 3.8) is 0 Å². The first kappa shape index (κ1) is 16.3. The van der Waals surface area contributed by atoms with Crippen molar-refractivity contribution in [2.24, 2.45) is 0 Å². The minimum absolute atomic E-state index is 0.0326. The van der Waals surface area contributed by atoms with Crippen molar-refractivity contribution in [2.75, 3.05) is 30.8 Å². The summed E-state index contributed by atoms with van der Waals surface area (Å²) in [6.07, 6.45) is 1.42. The van der Waals surface area contributed by atoms with E-state index in [0.717, 1.165) is 6.07 Å². The minimum atomic E-state index is -0.659. The third kappa shape index (κ3) is 2.73. The largest absolute Gasteiger partial charge is 0.475 e. The van der Waals surface area contributed by atoms with Gasteiger partial charge in [0.15, 0.2) is 17.3 Å². The molecule has 4 rings (SSSR count). The van der Waals surface area contributed by atoms with E-state index in [4.69, 9.17) is 16.3 Å². The fraction of sp³-hybridized carbons (Fsp3) is 0.200. The molecule has 0 saturated carbocycles. The number of fused-ring (bicyclic) bond motifs is 3. The smallest absolute Gasteiger partial charge is 0.256 e. The Balaban J connectivity index is 1.91. The first-order valence-electron chi connectivity index (χ1n) is 7.67. The van der Waals surface area contributed by atoms with Crippen LogP contribution in [0.4, 0.5) is 21.8 Å². The molecule has 0 aliphatic carbocycles. The monoisotopic (exact) mass is 377 g/mol. The van der Waals surface area contributed by atoms with E-state index < -0.39 is 5.82 Å². The lowest BCUT2D eigenvalue weighted by Crippen LogP contribution is -2.28. The van der Waals surface area contributed by atoms with Crippen molar-refractivity contribution in [2.45, 2.75) is 0 Å². The fourth-order valence-electron chi connectivity index (χ4n) is 2.53. The molecule has 0 saturated heterocycles. The molecule has 4 heterocycles. The van der Waals surface area contributed by atoms with E-state index in [1.54, 1.807) is 13.1 Å². The Bertz CT molecular complexity index is 1020. The number of carbonyl (C=O) groups excluding carboxylic acids is 1. The Kier molecular flexibility index (Phi) is 3.96. The average Bonchev–Trinajstić information content (AvgIpc) is 3.04. The Hall–Kier alpha value is -3.14. The van der Waals surface area contributed by atoms with Gasteiger partial charge in [0.1, 0.15) is 28.8 Å². The Morgan fingerprint density at radius 3 is 3.04 bits per heavy atom. The SMILES string of the molecule is CNc1cc2nc3c(cnn13)C(=O)NCCOc1nc(c(F)cc1Cl)N2. The summed E-state index contributed by atoms with van der Waals surface area (Å²) in [7, 11) is 1.70. The molecule has 0 atom stereocenters. The second-order valence-corrected chi connectivity index (χ2v) is 5.81. The van der Waals surface area contributed by atoms with Crippen LogP contribution in [0.3, 0.4) is 0 Å². The molecule has 0 aromatic carbocycles. The summed E-state index contributed by atoms with van der Waals surface area (Å²) in [5.41, 5.74) is 0.592. The highest BCUT2D eigenvalue weighted by molar-refractivity contribution is 6.31. The molecular formula is C15H13ClFN7O2. The number of aromatic nitrogens is 4. The van der Waals surface area contributed by atoms with Gasteiger partial charge in [0.25, 0.3) is 5.91 Å². The average molecular weight is 378 g/mol. The molecule has 9 nitrogen and oxygen atoms in total. The second kappa shape index (κ2) is 6.30. The molecule has 1 aliphatic rings. The lowest BCUT2D eigenvalue weighted by Gasteiger charge is -2.12. The maximum absolute atomic E-state index is 14.2. The second-order valence-electron chi connectivity index (χ2n) is 5.41. The summed E-state index contributed by atoms with van der Waals surface area (Å²) in [5, 5.41) is 12.7. The maximum Gasteiger partial charge on any atom is 0.256 e. The lowest BCUT2D eigenvalue weighted by atomic mass is 10.3. The molecule has 3 N–H and O–H groups in total. The van der Waals surface area contributed by atoms with Gasteiger partial charge in [0.2, 0.25) is 5.88 Å². The minimum Gasteiger partial charge on any atom is -0.475 e. The number of halogens is 2.